The van der Waals surface area contributed by atoms with Crippen LogP contribution < -0.4 is 10.5 Å². The molecule has 2 aromatic heterocycles. The number of rotatable bonds is 4. The Morgan fingerprint density at radius 1 is 1.47 bits per heavy atom. The van der Waals surface area contributed by atoms with Crippen molar-refractivity contribution in [3.8, 4) is 0 Å². The van der Waals surface area contributed by atoms with Gasteiger partial charge in [-0.15, -0.1) is 0 Å². The first-order valence-corrected chi connectivity index (χ1v) is 7.57. The van der Waals surface area contributed by atoms with Crippen LogP contribution in [0, 0.1) is 6.92 Å². The van der Waals surface area contributed by atoms with Crippen LogP contribution in [0.2, 0.25) is 0 Å². The van der Waals surface area contributed by atoms with Crippen LogP contribution in [0.4, 0.5) is 5.82 Å². The standard InChI is InChI=1S/C10H12BrN5O2S/c1-6-7(3-14-16-6)4-15-19(17,18)9-2-8(11)5-13-10(9)12/h2-3,5,15H,4H2,1H3,(H2,12,13)(H,14,16). The van der Waals surface area contributed by atoms with Crippen molar-refractivity contribution in [3.63, 3.8) is 0 Å². The molecule has 4 N–H and O–H groups in total. The number of sulfonamides is 1. The Bertz CT molecular complexity index is 698. The van der Waals surface area contributed by atoms with E-state index in [0.717, 1.165) is 11.3 Å². The summed E-state index contributed by atoms with van der Waals surface area (Å²) in [6.07, 6.45) is 3.01. The third kappa shape index (κ3) is 3.11. The topological polar surface area (TPSA) is 114 Å². The van der Waals surface area contributed by atoms with Gasteiger partial charge in [0.15, 0.2) is 0 Å². The molecule has 102 valence electrons. The van der Waals surface area contributed by atoms with Crippen LogP contribution in [0.15, 0.2) is 27.8 Å². The van der Waals surface area contributed by atoms with E-state index in [1.54, 1.807) is 6.20 Å². The Balaban J connectivity index is 2.23. The molecule has 9 heteroatoms. The van der Waals surface area contributed by atoms with Gasteiger partial charge in [0.25, 0.3) is 0 Å². The quantitative estimate of drug-likeness (QED) is 0.762. The van der Waals surface area contributed by atoms with Crippen molar-refractivity contribution in [1.29, 1.82) is 0 Å². The number of halogens is 1. The Morgan fingerprint density at radius 3 is 2.84 bits per heavy atom. The van der Waals surface area contributed by atoms with Gasteiger partial charge in [0, 0.05) is 28.5 Å². The minimum absolute atomic E-state index is 0.0420. The smallest absolute Gasteiger partial charge is 0.244 e. The molecule has 0 spiro atoms. The van der Waals surface area contributed by atoms with Crippen molar-refractivity contribution >= 4 is 31.8 Å². The highest BCUT2D eigenvalue weighted by molar-refractivity contribution is 9.10. The predicted molar refractivity (Wildman–Crippen MR) is 73.7 cm³/mol. The second kappa shape index (κ2) is 5.27. The highest BCUT2D eigenvalue weighted by Crippen LogP contribution is 2.20. The fourth-order valence-corrected chi connectivity index (χ4v) is 3.04. The lowest BCUT2D eigenvalue weighted by Crippen LogP contribution is -2.24. The third-order valence-electron chi connectivity index (χ3n) is 2.52. The van der Waals surface area contributed by atoms with Crippen molar-refractivity contribution < 1.29 is 8.42 Å². The molecule has 0 atom stereocenters. The summed E-state index contributed by atoms with van der Waals surface area (Å²) >= 11 is 3.16. The van der Waals surface area contributed by atoms with E-state index in [9.17, 15) is 8.42 Å². The van der Waals surface area contributed by atoms with E-state index >= 15 is 0 Å². The molecule has 2 heterocycles. The van der Waals surface area contributed by atoms with Crippen molar-refractivity contribution in [1.82, 2.24) is 19.9 Å². The molecule has 19 heavy (non-hydrogen) atoms. The first kappa shape index (κ1) is 14.0. The average Bonchev–Trinajstić information content (AvgIpc) is 2.75. The van der Waals surface area contributed by atoms with Gasteiger partial charge in [-0.25, -0.2) is 18.1 Å². The Kier molecular flexibility index (Phi) is 3.88. The Hall–Kier alpha value is -1.45. The van der Waals surface area contributed by atoms with E-state index in [-0.39, 0.29) is 17.3 Å². The molecule has 0 radical (unpaired) electrons. The van der Waals surface area contributed by atoms with Crippen LogP contribution in [0.5, 0.6) is 0 Å². The van der Waals surface area contributed by atoms with Crippen molar-refractivity contribution in [2.75, 3.05) is 5.73 Å². The first-order valence-electron chi connectivity index (χ1n) is 5.29. The molecule has 2 rings (SSSR count). The molecule has 0 aliphatic carbocycles. The largest absolute Gasteiger partial charge is 0.383 e. The lowest BCUT2D eigenvalue weighted by atomic mass is 10.3. The summed E-state index contributed by atoms with van der Waals surface area (Å²) in [5.41, 5.74) is 7.16. The summed E-state index contributed by atoms with van der Waals surface area (Å²) in [6.45, 7) is 1.95. The molecule has 0 saturated heterocycles. The number of hydrogen-bond acceptors (Lipinski definition) is 5. The average molecular weight is 346 g/mol. The Morgan fingerprint density at radius 2 is 2.21 bits per heavy atom. The number of pyridine rings is 1. The SMILES string of the molecule is Cc1[nH]ncc1CNS(=O)(=O)c1cc(Br)cnc1N. The molecular weight excluding hydrogens is 334 g/mol. The molecule has 0 aliphatic heterocycles. The van der Waals surface area contributed by atoms with E-state index < -0.39 is 10.0 Å². The monoisotopic (exact) mass is 345 g/mol. The van der Waals surface area contributed by atoms with Crippen LogP contribution in [0.3, 0.4) is 0 Å². The van der Waals surface area contributed by atoms with Gasteiger partial charge in [-0.3, -0.25) is 5.10 Å². The summed E-state index contributed by atoms with van der Waals surface area (Å²) < 4.78 is 27.3. The second-order valence-corrected chi connectivity index (χ2v) is 6.53. The number of nitrogen functional groups attached to an aromatic ring is 1. The van der Waals surface area contributed by atoms with E-state index in [1.807, 2.05) is 6.92 Å². The van der Waals surface area contributed by atoms with Crippen molar-refractivity contribution in [2.45, 2.75) is 18.4 Å². The van der Waals surface area contributed by atoms with Gasteiger partial charge in [0.1, 0.15) is 10.7 Å². The van der Waals surface area contributed by atoms with Gasteiger partial charge in [-0.05, 0) is 28.9 Å². The van der Waals surface area contributed by atoms with Gasteiger partial charge >= 0.3 is 0 Å². The number of anilines is 1. The van der Waals surface area contributed by atoms with E-state index in [0.29, 0.717) is 4.47 Å². The number of nitrogens with two attached hydrogens (primary N) is 1. The van der Waals surface area contributed by atoms with Gasteiger partial charge in [0.2, 0.25) is 10.0 Å². The predicted octanol–water partition coefficient (Wildman–Crippen LogP) is 0.936. The maximum absolute atomic E-state index is 12.1. The number of nitrogens with zero attached hydrogens (tertiary/aromatic N) is 2. The van der Waals surface area contributed by atoms with Crippen LogP contribution in [0.1, 0.15) is 11.3 Å². The van der Waals surface area contributed by atoms with Crippen LogP contribution in [0.25, 0.3) is 0 Å². The van der Waals surface area contributed by atoms with Gasteiger partial charge in [0.05, 0.1) is 6.20 Å². The summed E-state index contributed by atoms with van der Waals surface area (Å²) in [5.74, 6) is -0.0420. The third-order valence-corrected chi connectivity index (χ3v) is 4.39. The number of nitrogens with one attached hydrogen (secondary N) is 2. The maximum atomic E-state index is 12.1. The van der Waals surface area contributed by atoms with E-state index in [1.165, 1.54) is 12.3 Å². The van der Waals surface area contributed by atoms with Crippen molar-refractivity contribution in [3.05, 3.63) is 34.2 Å². The molecule has 0 aromatic carbocycles. The summed E-state index contributed by atoms with van der Waals surface area (Å²) in [6, 6.07) is 1.41. The Labute approximate surface area is 118 Å². The van der Waals surface area contributed by atoms with Crippen LogP contribution in [-0.2, 0) is 16.6 Å². The summed E-state index contributed by atoms with van der Waals surface area (Å²) in [5, 5.41) is 6.56. The highest BCUT2D eigenvalue weighted by Gasteiger charge is 2.19. The molecule has 0 saturated carbocycles. The molecule has 2 aromatic rings. The fraction of sp³-hybridized carbons (Fsp3) is 0.200. The second-order valence-electron chi connectivity index (χ2n) is 3.88. The van der Waals surface area contributed by atoms with Gasteiger partial charge in [-0.1, -0.05) is 0 Å². The fourth-order valence-electron chi connectivity index (χ4n) is 1.45. The number of hydrogen-bond donors (Lipinski definition) is 3. The van der Waals surface area contributed by atoms with Gasteiger partial charge < -0.3 is 5.73 Å². The molecule has 7 nitrogen and oxygen atoms in total. The summed E-state index contributed by atoms with van der Waals surface area (Å²) in [4.78, 5) is 3.75. The minimum atomic E-state index is -3.72. The normalized spacial score (nSPS) is 11.7. The molecule has 0 bridgehead atoms. The maximum Gasteiger partial charge on any atom is 0.244 e. The number of H-pyrrole nitrogens is 1. The molecule has 0 amide bonds. The van der Waals surface area contributed by atoms with Crippen molar-refractivity contribution in [2.24, 2.45) is 0 Å². The molecule has 0 aliphatic rings. The first-order chi connectivity index (χ1) is 8.90. The van der Waals surface area contributed by atoms with Gasteiger partial charge in [-0.2, -0.15) is 5.10 Å². The lowest BCUT2D eigenvalue weighted by molar-refractivity contribution is 0.581. The summed E-state index contributed by atoms with van der Waals surface area (Å²) in [7, 11) is -3.72. The molecular formula is C10H12BrN5O2S. The zero-order valence-corrected chi connectivity index (χ0v) is 12.4. The van der Waals surface area contributed by atoms with E-state index in [4.69, 9.17) is 5.73 Å². The number of aryl methyl sites for hydroxylation is 1. The van der Waals surface area contributed by atoms with Crippen LogP contribution in [-0.4, -0.2) is 23.6 Å². The molecule has 0 fully saturated rings. The van der Waals surface area contributed by atoms with E-state index in [2.05, 4.69) is 35.8 Å². The zero-order valence-electron chi connectivity index (χ0n) is 10.0. The highest BCUT2D eigenvalue weighted by atomic mass is 79.9. The number of aromatic amines is 1. The minimum Gasteiger partial charge on any atom is -0.383 e. The lowest BCUT2D eigenvalue weighted by Gasteiger charge is -2.08. The zero-order chi connectivity index (χ0) is 14.0. The number of aromatic nitrogens is 3. The molecule has 0 unspecified atom stereocenters. The van der Waals surface area contributed by atoms with Crippen LogP contribution >= 0.6 is 15.9 Å².